The first-order valence-corrected chi connectivity index (χ1v) is 7.94. The highest BCUT2D eigenvalue weighted by Gasteiger charge is 2.43. The molecule has 1 heterocycles. The highest BCUT2D eigenvalue weighted by Crippen LogP contribution is 2.52. The summed E-state index contributed by atoms with van der Waals surface area (Å²) in [6.07, 6.45) is 4.82. The summed E-state index contributed by atoms with van der Waals surface area (Å²) in [5, 5.41) is 0. The lowest BCUT2D eigenvalue weighted by molar-refractivity contribution is 0.0523. The molecule has 0 aromatic carbocycles. The summed E-state index contributed by atoms with van der Waals surface area (Å²) in [6, 6.07) is 1.88. The van der Waals surface area contributed by atoms with Gasteiger partial charge in [-0.2, -0.15) is 0 Å². The van der Waals surface area contributed by atoms with Crippen molar-refractivity contribution in [2.45, 2.75) is 52.5 Å². The third-order valence-electron chi connectivity index (χ3n) is 4.68. The summed E-state index contributed by atoms with van der Waals surface area (Å²) in [6.45, 7) is 5.86. The zero-order valence-corrected chi connectivity index (χ0v) is 13.0. The van der Waals surface area contributed by atoms with E-state index in [1.165, 1.54) is 25.7 Å². The van der Waals surface area contributed by atoms with Crippen LogP contribution < -0.4 is 5.56 Å². The molecule has 0 aliphatic heterocycles. The van der Waals surface area contributed by atoms with Gasteiger partial charge in [0.1, 0.15) is 0 Å². The molecule has 2 saturated carbocycles. The average Bonchev–Trinajstić information content (AvgIpc) is 3.27. The summed E-state index contributed by atoms with van der Waals surface area (Å²) in [5.41, 5.74) is 2.10. The van der Waals surface area contributed by atoms with E-state index in [4.69, 9.17) is 4.74 Å². The van der Waals surface area contributed by atoms with Gasteiger partial charge >= 0.3 is 5.97 Å². The lowest BCUT2D eigenvalue weighted by atomic mass is 10.0. The normalized spacial score (nSPS) is 18.1. The first-order chi connectivity index (χ1) is 10.0. The van der Waals surface area contributed by atoms with Gasteiger partial charge in [-0.15, -0.1) is 0 Å². The van der Waals surface area contributed by atoms with E-state index >= 15 is 0 Å². The molecule has 0 radical (unpaired) electrons. The zero-order valence-electron chi connectivity index (χ0n) is 13.0. The molecular formula is C17H23NO3. The molecule has 0 atom stereocenters. The molecule has 0 saturated heterocycles. The number of rotatable bonds is 5. The number of esters is 1. The minimum atomic E-state index is -0.313. The van der Waals surface area contributed by atoms with Crippen LogP contribution in [0.25, 0.3) is 0 Å². The quantitative estimate of drug-likeness (QED) is 0.783. The van der Waals surface area contributed by atoms with Crippen molar-refractivity contribution < 1.29 is 9.53 Å². The summed E-state index contributed by atoms with van der Waals surface area (Å²) in [4.78, 5) is 24.7. The molecule has 4 nitrogen and oxygen atoms in total. The van der Waals surface area contributed by atoms with Crippen LogP contribution in [0.1, 0.15) is 60.3 Å². The Labute approximate surface area is 125 Å². The van der Waals surface area contributed by atoms with Crippen LogP contribution in [0.4, 0.5) is 0 Å². The Morgan fingerprint density at radius 2 is 1.86 bits per heavy atom. The van der Waals surface area contributed by atoms with Crippen LogP contribution in [0.15, 0.2) is 10.9 Å². The van der Waals surface area contributed by atoms with Crippen LogP contribution >= 0.6 is 0 Å². The molecule has 0 bridgehead atoms. The zero-order chi connectivity index (χ0) is 15.1. The van der Waals surface area contributed by atoms with Crippen molar-refractivity contribution in [2.24, 2.45) is 11.8 Å². The lowest BCUT2D eigenvalue weighted by Gasteiger charge is -2.24. The Morgan fingerprint density at radius 3 is 2.33 bits per heavy atom. The second-order valence-electron chi connectivity index (χ2n) is 6.38. The van der Waals surface area contributed by atoms with Gasteiger partial charge in [-0.1, -0.05) is 0 Å². The molecule has 3 rings (SSSR count). The van der Waals surface area contributed by atoms with Gasteiger partial charge in [0.05, 0.1) is 12.2 Å². The first kappa shape index (κ1) is 14.4. The van der Waals surface area contributed by atoms with Crippen LogP contribution in [-0.2, 0) is 4.74 Å². The second kappa shape index (κ2) is 5.32. The Morgan fingerprint density at radius 1 is 1.29 bits per heavy atom. The molecular weight excluding hydrogens is 266 g/mol. The number of hydrogen-bond donors (Lipinski definition) is 0. The molecule has 1 aromatic rings. The van der Waals surface area contributed by atoms with E-state index in [9.17, 15) is 9.59 Å². The van der Waals surface area contributed by atoms with Crippen molar-refractivity contribution in [1.82, 2.24) is 4.57 Å². The van der Waals surface area contributed by atoms with E-state index in [-0.39, 0.29) is 17.6 Å². The maximum Gasteiger partial charge on any atom is 0.340 e. The fourth-order valence-electron chi connectivity index (χ4n) is 3.46. The molecule has 0 N–H and O–H groups in total. The largest absolute Gasteiger partial charge is 0.462 e. The number of carbonyl (C=O) groups excluding carboxylic acids is 1. The number of carbonyl (C=O) groups is 1. The third kappa shape index (κ3) is 2.63. The molecule has 1 aromatic heterocycles. The Balaban J connectivity index is 2.09. The fraction of sp³-hybridized carbons (Fsp3) is 0.647. The van der Waals surface area contributed by atoms with E-state index in [1.807, 2.05) is 18.4 Å². The molecule has 2 aliphatic rings. The predicted octanol–water partition coefficient (Wildman–Crippen LogP) is 3.00. The maximum absolute atomic E-state index is 12.5. The van der Waals surface area contributed by atoms with Gasteiger partial charge in [-0.3, -0.25) is 4.79 Å². The fourth-order valence-corrected chi connectivity index (χ4v) is 3.46. The van der Waals surface area contributed by atoms with Crippen molar-refractivity contribution in [1.29, 1.82) is 0 Å². The van der Waals surface area contributed by atoms with Crippen LogP contribution in [0.5, 0.6) is 0 Å². The van der Waals surface area contributed by atoms with Crippen LogP contribution in [0.2, 0.25) is 0 Å². The minimum Gasteiger partial charge on any atom is -0.462 e. The molecule has 21 heavy (non-hydrogen) atoms. The minimum absolute atomic E-state index is 0.0295. The number of aromatic nitrogens is 1. The number of pyridine rings is 1. The smallest absolute Gasteiger partial charge is 0.340 e. The molecule has 4 heteroatoms. The predicted molar refractivity (Wildman–Crippen MR) is 80.6 cm³/mol. The molecule has 2 fully saturated rings. The summed E-state index contributed by atoms with van der Waals surface area (Å²) >= 11 is 0. The van der Waals surface area contributed by atoms with Crippen LogP contribution in [0, 0.1) is 25.7 Å². The lowest BCUT2D eigenvalue weighted by Crippen LogP contribution is -2.31. The van der Waals surface area contributed by atoms with Crippen molar-refractivity contribution in [3.63, 3.8) is 0 Å². The second-order valence-corrected chi connectivity index (χ2v) is 6.38. The number of nitrogens with zero attached hydrogens (tertiary/aromatic N) is 1. The molecule has 114 valence electrons. The van der Waals surface area contributed by atoms with Crippen molar-refractivity contribution in [3.8, 4) is 0 Å². The van der Waals surface area contributed by atoms with Crippen LogP contribution in [0.3, 0.4) is 0 Å². The number of aryl methyl sites for hydroxylation is 1. The van der Waals surface area contributed by atoms with Gasteiger partial charge in [0.15, 0.2) is 0 Å². The van der Waals surface area contributed by atoms with Gasteiger partial charge in [0, 0.05) is 17.8 Å². The Kier molecular flexibility index (Phi) is 3.64. The van der Waals surface area contributed by atoms with Gasteiger partial charge in [-0.05, 0) is 63.9 Å². The molecule has 2 aliphatic carbocycles. The molecule has 0 spiro atoms. The van der Waals surface area contributed by atoms with E-state index in [1.54, 1.807) is 13.0 Å². The van der Waals surface area contributed by atoms with Gasteiger partial charge in [0.2, 0.25) is 0 Å². The van der Waals surface area contributed by atoms with E-state index in [2.05, 4.69) is 0 Å². The van der Waals surface area contributed by atoms with Gasteiger partial charge in [-0.25, -0.2) is 4.79 Å². The summed E-state index contributed by atoms with van der Waals surface area (Å²) in [5.74, 6) is 0.921. The summed E-state index contributed by atoms with van der Waals surface area (Å²) in [7, 11) is 0. The Hall–Kier alpha value is -1.58. The molecule has 0 unspecified atom stereocenters. The first-order valence-electron chi connectivity index (χ1n) is 7.94. The maximum atomic E-state index is 12.5. The Bertz CT molecular complexity index is 612. The highest BCUT2D eigenvalue weighted by molar-refractivity contribution is 5.92. The summed E-state index contributed by atoms with van der Waals surface area (Å²) < 4.78 is 7.05. The monoisotopic (exact) mass is 289 g/mol. The van der Waals surface area contributed by atoms with Gasteiger partial charge in [0.25, 0.3) is 5.56 Å². The number of ether oxygens (including phenoxy) is 1. The van der Waals surface area contributed by atoms with E-state index in [0.717, 1.165) is 11.3 Å². The van der Waals surface area contributed by atoms with Crippen molar-refractivity contribution in [3.05, 3.63) is 33.2 Å². The standard InChI is InChI=1S/C17H23NO3/c1-4-21-17(20)15-10(2)9-14(19)18(11(15)3)16(12-5-6-12)13-7-8-13/h9,12-13,16H,4-8H2,1-3H3. The van der Waals surface area contributed by atoms with Crippen molar-refractivity contribution in [2.75, 3.05) is 6.61 Å². The van der Waals surface area contributed by atoms with Crippen LogP contribution in [-0.4, -0.2) is 17.1 Å². The number of hydrogen-bond acceptors (Lipinski definition) is 3. The van der Waals surface area contributed by atoms with Gasteiger partial charge < -0.3 is 9.30 Å². The SMILES string of the molecule is CCOC(=O)c1c(C)cc(=O)n(C(C2CC2)C2CC2)c1C. The molecule has 0 amide bonds. The topological polar surface area (TPSA) is 48.3 Å². The van der Waals surface area contributed by atoms with E-state index in [0.29, 0.717) is 24.0 Å². The van der Waals surface area contributed by atoms with Crippen molar-refractivity contribution >= 4 is 5.97 Å². The highest BCUT2D eigenvalue weighted by atomic mass is 16.5. The van der Waals surface area contributed by atoms with E-state index < -0.39 is 0 Å². The average molecular weight is 289 g/mol. The third-order valence-corrected chi connectivity index (χ3v) is 4.68.